The topological polar surface area (TPSA) is 70.2 Å². The van der Waals surface area contributed by atoms with E-state index in [0.29, 0.717) is 0 Å². The summed E-state index contributed by atoms with van der Waals surface area (Å²) in [6.45, 7) is 5.68. The molecule has 0 aromatic carbocycles. The summed E-state index contributed by atoms with van der Waals surface area (Å²) >= 11 is 1.50. The van der Waals surface area contributed by atoms with Gasteiger partial charge in [-0.3, -0.25) is 14.8 Å². The van der Waals surface area contributed by atoms with Crippen LogP contribution in [0.5, 0.6) is 0 Å². The number of aromatic amines is 1. The van der Waals surface area contributed by atoms with Crippen LogP contribution in [0.3, 0.4) is 0 Å². The Labute approximate surface area is 157 Å². The number of thiophene rings is 1. The number of nitrogens with zero attached hydrogens (tertiary/aromatic N) is 2. The van der Waals surface area contributed by atoms with E-state index in [9.17, 15) is 4.79 Å². The number of carbonyl (C=O) groups is 1. The van der Waals surface area contributed by atoms with Crippen molar-refractivity contribution in [3.05, 3.63) is 29.3 Å². The van der Waals surface area contributed by atoms with E-state index in [2.05, 4.69) is 27.3 Å². The van der Waals surface area contributed by atoms with Crippen molar-refractivity contribution in [1.29, 1.82) is 0 Å². The first kappa shape index (κ1) is 17.7. The average Bonchev–Trinajstić information content (AvgIpc) is 3.43. The fourth-order valence-electron chi connectivity index (χ4n) is 4.42. The molecule has 7 heteroatoms. The van der Waals surface area contributed by atoms with Crippen molar-refractivity contribution in [2.45, 2.75) is 44.2 Å². The van der Waals surface area contributed by atoms with Gasteiger partial charge in [-0.25, -0.2) is 0 Å². The number of amides is 1. The van der Waals surface area contributed by atoms with Crippen molar-refractivity contribution in [3.8, 4) is 10.6 Å². The monoisotopic (exact) mass is 374 g/mol. The summed E-state index contributed by atoms with van der Waals surface area (Å²) in [7, 11) is 0. The molecule has 1 atom stereocenters. The fourth-order valence-corrected chi connectivity index (χ4v) is 5.30. The lowest BCUT2D eigenvalue weighted by Gasteiger charge is -2.47. The zero-order valence-corrected chi connectivity index (χ0v) is 16.0. The van der Waals surface area contributed by atoms with Crippen molar-refractivity contribution >= 4 is 17.2 Å². The first-order valence-corrected chi connectivity index (χ1v) is 10.2. The van der Waals surface area contributed by atoms with Gasteiger partial charge in [0.1, 0.15) is 0 Å². The Morgan fingerprint density at radius 3 is 2.77 bits per heavy atom. The maximum absolute atomic E-state index is 12.9. The van der Waals surface area contributed by atoms with E-state index >= 15 is 0 Å². The van der Waals surface area contributed by atoms with E-state index in [1.165, 1.54) is 24.2 Å². The van der Waals surface area contributed by atoms with E-state index < -0.39 is 0 Å². The third kappa shape index (κ3) is 3.31. The van der Waals surface area contributed by atoms with E-state index in [4.69, 9.17) is 4.74 Å². The Hall–Kier alpha value is -1.70. The second kappa shape index (κ2) is 7.50. The van der Waals surface area contributed by atoms with Gasteiger partial charge in [-0.15, -0.1) is 11.3 Å². The molecule has 1 unspecified atom stereocenters. The molecule has 1 amide bonds. The molecule has 140 valence electrons. The summed E-state index contributed by atoms with van der Waals surface area (Å²) in [5.74, 6) is 0.0211. The quantitative estimate of drug-likeness (QED) is 0.844. The van der Waals surface area contributed by atoms with Crippen LogP contribution >= 0.6 is 11.3 Å². The number of ether oxygens (including phenoxy) is 1. The van der Waals surface area contributed by atoms with Crippen LogP contribution in [-0.4, -0.2) is 58.9 Å². The number of rotatable bonds is 5. The summed E-state index contributed by atoms with van der Waals surface area (Å²) < 4.78 is 5.54. The molecule has 0 spiro atoms. The van der Waals surface area contributed by atoms with E-state index in [-0.39, 0.29) is 17.5 Å². The molecule has 0 radical (unpaired) electrons. The fraction of sp³-hybridized carbons (Fsp3) is 0.579. The molecule has 2 aliphatic rings. The Bertz CT molecular complexity index is 731. The lowest BCUT2D eigenvalue weighted by molar-refractivity contribution is -0.0323. The SMILES string of the molecule is CC(NC(=O)c1ccc(-c2ccn[nH]2)s1)C1(N2CCOCC2)CCCC1. The van der Waals surface area contributed by atoms with Gasteiger partial charge in [0.2, 0.25) is 0 Å². The summed E-state index contributed by atoms with van der Waals surface area (Å²) in [4.78, 5) is 17.2. The van der Waals surface area contributed by atoms with Gasteiger partial charge >= 0.3 is 0 Å². The van der Waals surface area contributed by atoms with Crippen LogP contribution in [-0.2, 0) is 4.74 Å². The minimum Gasteiger partial charge on any atom is -0.379 e. The number of aromatic nitrogens is 2. The first-order valence-electron chi connectivity index (χ1n) is 9.42. The van der Waals surface area contributed by atoms with Crippen molar-refractivity contribution in [2.24, 2.45) is 0 Å². The van der Waals surface area contributed by atoms with Gasteiger partial charge in [-0.05, 0) is 38.0 Å². The van der Waals surface area contributed by atoms with E-state index in [1.807, 2.05) is 18.2 Å². The highest BCUT2D eigenvalue weighted by atomic mass is 32.1. The summed E-state index contributed by atoms with van der Waals surface area (Å²) in [6.07, 6.45) is 6.50. The number of hydrogen-bond donors (Lipinski definition) is 2. The van der Waals surface area contributed by atoms with Crippen molar-refractivity contribution in [3.63, 3.8) is 0 Å². The average molecular weight is 375 g/mol. The van der Waals surface area contributed by atoms with Crippen molar-refractivity contribution < 1.29 is 9.53 Å². The molecule has 2 aromatic heterocycles. The molecule has 26 heavy (non-hydrogen) atoms. The van der Waals surface area contributed by atoms with Crippen LogP contribution in [0.25, 0.3) is 10.6 Å². The minimum atomic E-state index is 0.0211. The predicted octanol–water partition coefficient (Wildman–Crippen LogP) is 2.90. The first-order chi connectivity index (χ1) is 12.7. The Morgan fingerprint density at radius 1 is 1.31 bits per heavy atom. The molecule has 0 bridgehead atoms. The smallest absolute Gasteiger partial charge is 0.261 e. The number of hydrogen-bond acceptors (Lipinski definition) is 5. The number of H-pyrrole nitrogens is 1. The number of morpholine rings is 1. The molecule has 1 saturated heterocycles. The van der Waals surface area contributed by atoms with Gasteiger partial charge in [-0.1, -0.05) is 12.8 Å². The van der Waals surface area contributed by atoms with Crippen molar-refractivity contribution in [2.75, 3.05) is 26.3 Å². The largest absolute Gasteiger partial charge is 0.379 e. The highest BCUT2D eigenvalue weighted by molar-refractivity contribution is 7.17. The maximum atomic E-state index is 12.9. The summed E-state index contributed by atoms with van der Waals surface area (Å²) in [5, 5.41) is 10.2. The van der Waals surface area contributed by atoms with Gasteiger partial charge in [0.05, 0.1) is 28.7 Å². The van der Waals surface area contributed by atoms with Crippen LogP contribution in [0.1, 0.15) is 42.3 Å². The van der Waals surface area contributed by atoms with Crippen LogP contribution in [0, 0.1) is 0 Å². The molecule has 3 heterocycles. The number of carbonyl (C=O) groups excluding carboxylic acids is 1. The predicted molar refractivity (Wildman–Crippen MR) is 102 cm³/mol. The highest BCUT2D eigenvalue weighted by Crippen LogP contribution is 2.39. The number of nitrogens with one attached hydrogen (secondary N) is 2. The standard InChI is InChI=1S/C19H26N4O2S/c1-14(19(7-2-3-8-19)23-10-12-25-13-11-23)21-18(24)17-5-4-16(26-17)15-6-9-20-22-15/h4-6,9,14H,2-3,7-8,10-13H2,1H3,(H,20,22)(H,21,24). The molecular weight excluding hydrogens is 348 g/mol. The van der Waals surface area contributed by atoms with Gasteiger partial charge in [0, 0.05) is 30.9 Å². The highest BCUT2D eigenvalue weighted by Gasteiger charge is 2.45. The van der Waals surface area contributed by atoms with Crippen LogP contribution in [0.2, 0.25) is 0 Å². The maximum Gasteiger partial charge on any atom is 0.261 e. The molecule has 2 aromatic rings. The van der Waals surface area contributed by atoms with Crippen LogP contribution < -0.4 is 5.32 Å². The molecule has 2 N–H and O–H groups in total. The van der Waals surface area contributed by atoms with Gasteiger partial charge in [-0.2, -0.15) is 5.10 Å². The second-order valence-corrected chi connectivity index (χ2v) is 8.32. The van der Waals surface area contributed by atoms with Gasteiger partial charge in [0.15, 0.2) is 0 Å². The minimum absolute atomic E-state index is 0.0211. The molecule has 1 aliphatic carbocycles. The lowest BCUT2D eigenvalue weighted by atomic mass is 9.86. The summed E-state index contributed by atoms with van der Waals surface area (Å²) in [5.41, 5.74) is 1.02. The molecule has 1 saturated carbocycles. The van der Waals surface area contributed by atoms with E-state index in [1.54, 1.807) is 6.20 Å². The Kier molecular flexibility index (Phi) is 5.11. The van der Waals surface area contributed by atoms with Crippen LogP contribution in [0.15, 0.2) is 24.4 Å². The molecular formula is C19H26N4O2S. The molecule has 4 rings (SSSR count). The zero-order valence-electron chi connectivity index (χ0n) is 15.2. The zero-order chi connectivity index (χ0) is 18.0. The van der Waals surface area contributed by atoms with E-state index in [0.717, 1.165) is 54.6 Å². The third-order valence-electron chi connectivity index (χ3n) is 5.86. The van der Waals surface area contributed by atoms with Crippen LogP contribution in [0.4, 0.5) is 0 Å². The second-order valence-electron chi connectivity index (χ2n) is 7.24. The third-order valence-corrected chi connectivity index (χ3v) is 6.98. The Balaban J connectivity index is 1.47. The molecule has 6 nitrogen and oxygen atoms in total. The Morgan fingerprint density at radius 2 is 2.08 bits per heavy atom. The normalized spacial score (nSPS) is 21.6. The van der Waals surface area contributed by atoms with Gasteiger partial charge < -0.3 is 10.1 Å². The lowest BCUT2D eigenvalue weighted by Crippen LogP contribution is -2.62. The van der Waals surface area contributed by atoms with Gasteiger partial charge in [0.25, 0.3) is 5.91 Å². The summed E-state index contributed by atoms with van der Waals surface area (Å²) in [6, 6.07) is 5.92. The van der Waals surface area contributed by atoms with Crippen molar-refractivity contribution in [1.82, 2.24) is 20.4 Å². The molecule has 1 aliphatic heterocycles. The molecule has 2 fully saturated rings.